The third-order valence-electron chi connectivity index (χ3n) is 3.48. The molecular formula is C19H23NOS. The minimum Gasteiger partial charge on any atom is -0.343 e. The topological polar surface area (TPSA) is 29.1 Å². The molecule has 2 rings (SSSR count). The summed E-state index contributed by atoms with van der Waals surface area (Å²) in [6, 6.07) is 17.1. The van der Waals surface area contributed by atoms with Crippen molar-refractivity contribution < 1.29 is 4.79 Å². The molecule has 0 aromatic heterocycles. The predicted octanol–water partition coefficient (Wildman–Crippen LogP) is 5.12. The fourth-order valence-electron chi connectivity index (χ4n) is 2.41. The van der Waals surface area contributed by atoms with Gasteiger partial charge in [-0.2, -0.15) is 0 Å². The van der Waals surface area contributed by atoms with E-state index in [0.717, 1.165) is 12.0 Å². The summed E-state index contributed by atoms with van der Waals surface area (Å²) in [5.41, 5.74) is 4.89. The summed E-state index contributed by atoms with van der Waals surface area (Å²) in [7, 11) is 0. The number of amides is 1. The Morgan fingerprint density at radius 3 is 2.41 bits per heavy atom. The minimum atomic E-state index is 0.00319. The molecule has 1 amide bonds. The lowest BCUT2D eigenvalue weighted by molar-refractivity contribution is 0.260. The van der Waals surface area contributed by atoms with E-state index in [-0.39, 0.29) is 5.24 Å². The smallest absolute Gasteiger partial charge is 0.279 e. The number of carbonyl (C=O) groups excluding carboxylic acids is 1. The highest BCUT2D eigenvalue weighted by molar-refractivity contribution is 8.12. The standard InChI is InChI=1S/C19H23NOS/c1-14(2)11-15-7-9-17(10-8-15)18-6-4-5-16(12-18)13-20-19(21)22-3/h4-10,12,14H,11,13H2,1-3H3,(H,20,21). The van der Waals surface area contributed by atoms with Crippen molar-refractivity contribution in [1.82, 2.24) is 5.32 Å². The maximum atomic E-state index is 11.3. The second-order valence-electron chi connectivity index (χ2n) is 5.84. The van der Waals surface area contributed by atoms with Crippen LogP contribution in [0.15, 0.2) is 48.5 Å². The van der Waals surface area contributed by atoms with Crippen LogP contribution in [0.25, 0.3) is 11.1 Å². The van der Waals surface area contributed by atoms with Crippen LogP contribution in [-0.4, -0.2) is 11.5 Å². The second-order valence-corrected chi connectivity index (χ2v) is 6.62. The van der Waals surface area contributed by atoms with E-state index in [9.17, 15) is 4.79 Å². The molecule has 0 bridgehead atoms. The van der Waals surface area contributed by atoms with Crippen LogP contribution in [-0.2, 0) is 13.0 Å². The van der Waals surface area contributed by atoms with E-state index in [1.165, 1.54) is 28.5 Å². The molecule has 0 radical (unpaired) electrons. The first-order chi connectivity index (χ1) is 10.6. The molecule has 1 N–H and O–H groups in total. The lowest BCUT2D eigenvalue weighted by atomic mass is 9.98. The molecule has 116 valence electrons. The highest BCUT2D eigenvalue weighted by Gasteiger charge is 2.03. The maximum absolute atomic E-state index is 11.3. The van der Waals surface area contributed by atoms with Gasteiger partial charge in [-0.1, -0.05) is 68.1 Å². The summed E-state index contributed by atoms with van der Waals surface area (Å²) in [6.07, 6.45) is 2.89. The average Bonchev–Trinajstić information content (AvgIpc) is 2.53. The molecule has 2 aromatic carbocycles. The quantitative estimate of drug-likeness (QED) is 0.829. The predicted molar refractivity (Wildman–Crippen MR) is 96.2 cm³/mol. The lowest BCUT2D eigenvalue weighted by Gasteiger charge is -2.09. The summed E-state index contributed by atoms with van der Waals surface area (Å²) in [6.45, 7) is 5.04. The van der Waals surface area contributed by atoms with Crippen molar-refractivity contribution in [3.05, 3.63) is 59.7 Å². The van der Waals surface area contributed by atoms with Gasteiger partial charge in [0.25, 0.3) is 5.24 Å². The molecule has 0 atom stereocenters. The zero-order chi connectivity index (χ0) is 15.9. The Morgan fingerprint density at radius 2 is 1.77 bits per heavy atom. The zero-order valence-electron chi connectivity index (χ0n) is 13.4. The van der Waals surface area contributed by atoms with Crippen molar-refractivity contribution >= 4 is 17.0 Å². The van der Waals surface area contributed by atoms with E-state index in [1.54, 1.807) is 6.26 Å². The Bertz CT molecular complexity index is 620. The van der Waals surface area contributed by atoms with Crippen molar-refractivity contribution in [2.75, 3.05) is 6.26 Å². The highest BCUT2D eigenvalue weighted by Crippen LogP contribution is 2.22. The number of thioether (sulfide) groups is 1. The molecular weight excluding hydrogens is 290 g/mol. The number of benzene rings is 2. The summed E-state index contributed by atoms with van der Waals surface area (Å²) < 4.78 is 0. The van der Waals surface area contributed by atoms with Crippen LogP contribution in [0, 0.1) is 5.92 Å². The van der Waals surface area contributed by atoms with Crippen LogP contribution in [0.4, 0.5) is 4.79 Å². The average molecular weight is 313 g/mol. The number of hydrogen-bond donors (Lipinski definition) is 1. The summed E-state index contributed by atoms with van der Waals surface area (Å²) >= 11 is 1.20. The Labute approximate surface area is 137 Å². The van der Waals surface area contributed by atoms with Crippen molar-refractivity contribution in [3.8, 4) is 11.1 Å². The van der Waals surface area contributed by atoms with Gasteiger partial charge in [-0.15, -0.1) is 0 Å². The van der Waals surface area contributed by atoms with Gasteiger partial charge in [0.2, 0.25) is 0 Å². The summed E-state index contributed by atoms with van der Waals surface area (Å²) in [4.78, 5) is 11.3. The molecule has 0 saturated heterocycles. The third kappa shape index (κ3) is 4.92. The fraction of sp³-hybridized carbons (Fsp3) is 0.316. The van der Waals surface area contributed by atoms with Gasteiger partial charge in [-0.3, -0.25) is 4.79 Å². The van der Waals surface area contributed by atoms with Crippen LogP contribution in [0.3, 0.4) is 0 Å². The van der Waals surface area contributed by atoms with Gasteiger partial charge in [-0.25, -0.2) is 0 Å². The number of hydrogen-bond acceptors (Lipinski definition) is 2. The van der Waals surface area contributed by atoms with E-state index < -0.39 is 0 Å². The SMILES string of the molecule is CSC(=O)NCc1cccc(-c2ccc(CC(C)C)cc2)c1. The van der Waals surface area contributed by atoms with Gasteiger partial charge in [-0.05, 0) is 46.9 Å². The monoisotopic (exact) mass is 313 g/mol. The second kappa shape index (κ2) is 8.04. The Morgan fingerprint density at radius 1 is 1.05 bits per heavy atom. The van der Waals surface area contributed by atoms with Crippen molar-refractivity contribution in [2.45, 2.75) is 26.8 Å². The van der Waals surface area contributed by atoms with Crippen LogP contribution in [0.1, 0.15) is 25.0 Å². The molecule has 0 unspecified atom stereocenters. The Hall–Kier alpha value is -1.74. The van der Waals surface area contributed by atoms with Crippen molar-refractivity contribution in [2.24, 2.45) is 5.92 Å². The fourth-order valence-corrected chi connectivity index (χ4v) is 2.63. The molecule has 0 spiro atoms. The minimum absolute atomic E-state index is 0.00319. The largest absolute Gasteiger partial charge is 0.343 e. The van der Waals surface area contributed by atoms with Gasteiger partial charge < -0.3 is 5.32 Å². The zero-order valence-corrected chi connectivity index (χ0v) is 14.2. The Balaban J connectivity index is 2.10. The van der Waals surface area contributed by atoms with Gasteiger partial charge >= 0.3 is 0 Å². The first kappa shape index (κ1) is 16.6. The summed E-state index contributed by atoms with van der Waals surface area (Å²) in [5.74, 6) is 0.675. The van der Waals surface area contributed by atoms with Gasteiger partial charge in [0.1, 0.15) is 0 Å². The molecule has 0 aliphatic heterocycles. The van der Waals surface area contributed by atoms with Gasteiger partial charge in [0.05, 0.1) is 0 Å². The maximum Gasteiger partial charge on any atom is 0.279 e. The first-order valence-electron chi connectivity index (χ1n) is 7.58. The third-order valence-corrected chi connectivity index (χ3v) is 4.00. The van der Waals surface area contributed by atoms with E-state index in [1.807, 2.05) is 12.1 Å². The molecule has 2 nitrogen and oxygen atoms in total. The van der Waals surface area contributed by atoms with Crippen molar-refractivity contribution in [3.63, 3.8) is 0 Å². The normalized spacial score (nSPS) is 10.7. The van der Waals surface area contributed by atoms with Crippen LogP contribution >= 0.6 is 11.8 Å². The number of nitrogens with one attached hydrogen (secondary N) is 1. The molecule has 22 heavy (non-hydrogen) atoms. The van der Waals surface area contributed by atoms with Crippen molar-refractivity contribution in [1.29, 1.82) is 0 Å². The molecule has 0 heterocycles. The lowest BCUT2D eigenvalue weighted by Crippen LogP contribution is -2.17. The molecule has 2 aromatic rings. The highest BCUT2D eigenvalue weighted by atomic mass is 32.2. The van der Waals surface area contributed by atoms with Crippen LogP contribution in [0.5, 0.6) is 0 Å². The van der Waals surface area contributed by atoms with E-state index >= 15 is 0 Å². The Kier molecular flexibility index (Phi) is 6.08. The summed E-state index contributed by atoms with van der Waals surface area (Å²) in [5, 5.41) is 2.89. The van der Waals surface area contributed by atoms with E-state index in [2.05, 4.69) is 55.6 Å². The molecule has 0 aliphatic carbocycles. The van der Waals surface area contributed by atoms with Gasteiger partial charge in [0, 0.05) is 6.54 Å². The van der Waals surface area contributed by atoms with Crippen LogP contribution < -0.4 is 5.32 Å². The molecule has 0 fully saturated rings. The van der Waals surface area contributed by atoms with Gasteiger partial charge in [0.15, 0.2) is 0 Å². The molecule has 0 aliphatic rings. The van der Waals surface area contributed by atoms with E-state index in [4.69, 9.17) is 0 Å². The molecule has 0 saturated carbocycles. The molecule has 3 heteroatoms. The number of carbonyl (C=O) groups is 1. The number of rotatable bonds is 5. The van der Waals surface area contributed by atoms with Crippen LogP contribution in [0.2, 0.25) is 0 Å². The van der Waals surface area contributed by atoms with E-state index in [0.29, 0.717) is 12.5 Å². The first-order valence-corrected chi connectivity index (χ1v) is 8.81.